The summed E-state index contributed by atoms with van der Waals surface area (Å²) in [6.45, 7) is 9.84. The van der Waals surface area contributed by atoms with E-state index in [4.69, 9.17) is 0 Å². The fraction of sp³-hybridized carbons (Fsp3) is 1.00. The first-order valence-electron chi connectivity index (χ1n) is 6.85. The Hall–Kier alpha value is -0.0800. The molecule has 0 bridgehead atoms. The molecule has 2 heteroatoms. The van der Waals surface area contributed by atoms with Crippen LogP contribution in [0.4, 0.5) is 0 Å². The third kappa shape index (κ3) is 4.06. The zero-order chi connectivity index (χ0) is 12.2. The molecule has 1 aliphatic rings. The topological polar surface area (TPSA) is 32.3 Å². The molecule has 1 rings (SSSR count). The molecule has 2 N–H and O–H groups in total. The Balaban J connectivity index is 2.26. The van der Waals surface area contributed by atoms with E-state index in [-0.39, 0.29) is 6.10 Å². The number of aliphatic hydroxyl groups excluding tert-OH is 1. The van der Waals surface area contributed by atoms with Gasteiger partial charge in [0.1, 0.15) is 0 Å². The fourth-order valence-corrected chi connectivity index (χ4v) is 2.61. The SMILES string of the molecule is CC(C)C(O)CCNC1CCCCC1(C)C. The Morgan fingerprint density at radius 1 is 1.31 bits per heavy atom. The predicted octanol–water partition coefficient (Wildman–Crippen LogP) is 2.95. The molecule has 0 heterocycles. The third-order valence-electron chi connectivity index (χ3n) is 4.11. The van der Waals surface area contributed by atoms with E-state index in [1.807, 2.05) is 0 Å². The zero-order valence-corrected chi connectivity index (χ0v) is 11.4. The Labute approximate surface area is 101 Å². The van der Waals surface area contributed by atoms with Gasteiger partial charge in [-0.3, -0.25) is 0 Å². The molecule has 0 spiro atoms. The van der Waals surface area contributed by atoms with E-state index in [0.29, 0.717) is 17.4 Å². The molecule has 1 fully saturated rings. The van der Waals surface area contributed by atoms with Gasteiger partial charge in [-0.1, -0.05) is 40.5 Å². The molecular formula is C14H29NO. The van der Waals surface area contributed by atoms with Crippen molar-refractivity contribution in [2.24, 2.45) is 11.3 Å². The monoisotopic (exact) mass is 227 g/mol. The molecule has 0 amide bonds. The van der Waals surface area contributed by atoms with Gasteiger partial charge < -0.3 is 10.4 Å². The minimum Gasteiger partial charge on any atom is -0.393 e. The highest BCUT2D eigenvalue weighted by Gasteiger charge is 2.31. The van der Waals surface area contributed by atoms with E-state index in [9.17, 15) is 5.11 Å². The number of hydrogen-bond acceptors (Lipinski definition) is 2. The van der Waals surface area contributed by atoms with Crippen molar-refractivity contribution in [1.82, 2.24) is 5.32 Å². The first kappa shape index (κ1) is 14.0. The van der Waals surface area contributed by atoms with Crippen LogP contribution in [0.2, 0.25) is 0 Å². The summed E-state index contributed by atoms with van der Waals surface area (Å²) in [6, 6.07) is 0.639. The van der Waals surface area contributed by atoms with Crippen LogP contribution >= 0.6 is 0 Å². The highest BCUT2D eigenvalue weighted by Crippen LogP contribution is 2.35. The van der Waals surface area contributed by atoms with Crippen molar-refractivity contribution in [2.45, 2.75) is 71.9 Å². The van der Waals surface area contributed by atoms with Crippen molar-refractivity contribution in [1.29, 1.82) is 0 Å². The van der Waals surface area contributed by atoms with Crippen LogP contribution in [-0.4, -0.2) is 23.8 Å². The number of nitrogens with one attached hydrogen (secondary N) is 1. The number of hydrogen-bond donors (Lipinski definition) is 2. The Morgan fingerprint density at radius 3 is 2.56 bits per heavy atom. The van der Waals surface area contributed by atoms with Gasteiger partial charge in [0, 0.05) is 6.04 Å². The summed E-state index contributed by atoms with van der Waals surface area (Å²) in [5, 5.41) is 13.4. The number of aliphatic hydroxyl groups is 1. The summed E-state index contributed by atoms with van der Waals surface area (Å²) in [6.07, 6.45) is 6.08. The van der Waals surface area contributed by atoms with Gasteiger partial charge in [0.05, 0.1) is 6.10 Å². The summed E-state index contributed by atoms with van der Waals surface area (Å²) < 4.78 is 0. The Morgan fingerprint density at radius 2 is 2.00 bits per heavy atom. The van der Waals surface area contributed by atoms with Crippen molar-refractivity contribution >= 4 is 0 Å². The highest BCUT2D eigenvalue weighted by atomic mass is 16.3. The van der Waals surface area contributed by atoms with Crippen LogP contribution in [-0.2, 0) is 0 Å². The van der Waals surface area contributed by atoms with E-state index < -0.39 is 0 Å². The maximum Gasteiger partial charge on any atom is 0.0575 e. The van der Waals surface area contributed by atoms with Gasteiger partial charge in [0.25, 0.3) is 0 Å². The van der Waals surface area contributed by atoms with Crippen LogP contribution in [0.5, 0.6) is 0 Å². The van der Waals surface area contributed by atoms with Gasteiger partial charge in [-0.2, -0.15) is 0 Å². The standard InChI is InChI=1S/C14H29NO/c1-11(2)12(16)8-10-15-13-7-5-6-9-14(13,3)4/h11-13,15-16H,5-10H2,1-4H3. The minimum atomic E-state index is -0.154. The molecule has 2 atom stereocenters. The number of rotatable bonds is 5. The van der Waals surface area contributed by atoms with Gasteiger partial charge >= 0.3 is 0 Å². The lowest BCUT2D eigenvalue weighted by atomic mass is 9.73. The van der Waals surface area contributed by atoms with Gasteiger partial charge in [0.2, 0.25) is 0 Å². The van der Waals surface area contributed by atoms with E-state index in [0.717, 1.165) is 13.0 Å². The second kappa shape index (κ2) is 6.02. The quantitative estimate of drug-likeness (QED) is 0.757. The lowest BCUT2D eigenvalue weighted by Gasteiger charge is -2.39. The molecule has 96 valence electrons. The van der Waals surface area contributed by atoms with E-state index in [2.05, 4.69) is 33.0 Å². The molecular weight excluding hydrogens is 198 g/mol. The molecule has 1 aliphatic carbocycles. The van der Waals surface area contributed by atoms with Crippen LogP contribution in [0.3, 0.4) is 0 Å². The van der Waals surface area contributed by atoms with Crippen LogP contribution in [0, 0.1) is 11.3 Å². The van der Waals surface area contributed by atoms with Crippen LogP contribution < -0.4 is 5.32 Å². The first-order valence-corrected chi connectivity index (χ1v) is 6.85. The molecule has 2 unspecified atom stereocenters. The smallest absolute Gasteiger partial charge is 0.0575 e. The molecule has 0 aromatic rings. The lowest BCUT2D eigenvalue weighted by Crippen LogP contribution is -2.45. The second-order valence-electron chi connectivity index (χ2n) is 6.34. The van der Waals surface area contributed by atoms with E-state index in [1.165, 1.54) is 25.7 Å². The van der Waals surface area contributed by atoms with Crippen LogP contribution in [0.15, 0.2) is 0 Å². The molecule has 0 saturated heterocycles. The van der Waals surface area contributed by atoms with Gasteiger partial charge in [-0.05, 0) is 37.1 Å². The zero-order valence-electron chi connectivity index (χ0n) is 11.4. The molecule has 2 nitrogen and oxygen atoms in total. The van der Waals surface area contributed by atoms with Crippen molar-refractivity contribution < 1.29 is 5.11 Å². The highest BCUT2D eigenvalue weighted by molar-refractivity contribution is 4.87. The maximum atomic E-state index is 9.75. The fourth-order valence-electron chi connectivity index (χ4n) is 2.61. The van der Waals surface area contributed by atoms with Gasteiger partial charge in [0.15, 0.2) is 0 Å². The van der Waals surface area contributed by atoms with Gasteiger partial charge in [-0.25, -0.2) is 0 Å². The van der Waals surface area contributed by atoms with E-state index >= 15 is 0 Å². The summed E-state index contributed by atoms with van der Waals surface area (Å²) in [5.41, 5.74) is 0.432. The van der Waals surface area contributed by atoms with Gasteiger partial charge in [-0.15, -0.1) is 0 Å². The van der Waals surface area contributed by atoms with Crippen molar-refractivity contribution in [3.63, 3.8) is 0 Å². The van der Waals surface area contributed by atoms with Crippen molar-refractivity contribution in [3.8, 4) is 0 Å². The third-order valence-corrected chi connectivity index (χ3v) is 4.11. The summed E-state index contributed by atoms with van der Waals surface area (Å²) in [5.74, 6) is 0.376. The first-order chi connectivity index (χ1) is 7.43. The van der Waals surface area contributed by atoms with Crippen molar-refractivity contribution in [2.75, 3.05) is 6.54 Å². The molecule has 0 aromatic carbocycles. The van der Waals surface area contributed by atoms with Crippen LogP contribution in [0.25, 0.3) is 0 Å². The average Bonchev–Trinajstić information content (AvgIpc) is 2.19. The van der Waals surface area contributed by atoms with Crippen molar-refractivity contribution in [3.05, 3.63) is 0 Å². The maximum absolute atomic E-state index is 9.75. The Kier molecular flexibility index (Phi) is 5.26. The predicted molar refractivity (Wildman–Crippen MR) is 69.5 cm³/mol. The minimum absolute atomic E-state index is 0.154. The largest absolute Gasteiger partial charge is 0.393 e. The normalized spacial score (nSPS) is 27.0. The van der Waals surface area contributed by atoms with Crippen LogP contribution in [0.1, 0.15) is 59.8 Å². The molecule has 0 aliphatic heterocycles. The lowest BCUT2D eigenvalue weighted by molar-refractivity contribution is 0.107. The second-order valence-corrected chi connectivity index (χ2v) is 6.34. The molecule has 16 heavy (non-hydrogen) atoms. The summed E-state index contributed by atoms with van der Waals surface area (Å²) in [7, 11) is 0. The molecule has 0 radical (unpaired) electrons. The molecule has 1 saturated carbocycles. The average molecular weight is 227 g/mol. The Bertz CT molecular complexity index is 201. The molecule has 0 aromatic heterocycles. The van der Waals surface area contributed by atoms with E-state index in [1.54, 1.807) is 0 Å². The summed E-state index contributed by atoms with van der Waals surface area (Å²) in [4.78, 5) is 0. The summed E-state index contributed by atoms with van der Waals surface area (Å²) >= 11 is 0.